The number of furan rings is 1. The highest BCUT2D eigenvalue weighted by Crippen LogP contribution is 2.05. The molecule has 1 N–H and O–H groups in total. The fraction of sp³-hybridized carbons (Fsp3) is 0.167. The van der Waals surface area contributed by atoms with Crippen molar-refractivity contribution < 1.29 is 9.52 Å². The second kappa shape index (κ2) is 2.01. The summed E-state index contributed by atoms with van der Waals surface area (Å²) in [4.78, 5) is 0. The smallest absolute Gasteiger partial charge is 0.145 e. The summed E-state index contributed by atoms with van der Waals surface area (Å²) in [7, 11) is 0. The van der Waals surface area contributed by atoms with Crippen LogP contribution in [-0.2, 0) is 0 Å². The van der Waals surface area contributed by atoms with E-state index >= 15 is 0 Å². The summed E-state index contributed by atoms with van der Waals surface area (Å²) in [5.74, 6) is 1.31. The topological polar surface area (TPSA) is 33.4 Å². The molecule has 1 rings (SSSR count). The maximum absolute atomic E-state index is 8.33. The minimum Gasteiger partial charge on any atom is -0.463 e. The lowest BCUT2D eigenvalue weighted by molar-refractivity contribution is 0.367. The number of rotatable bonds is 1. The Morgan fingerprint density at radius 2 is 2.38 bits per heavy atom. The predicted molar refractivity (Wildman–Crippen MR) is 28.8 cm³/mol. The van der Waals surface area contributed by atoms with Crippen molar-refractivity contribution in [2.45, 2.75) is 6.92 Å². The van der Waals surface area contributed by atoms with E-state index in [4.69, 9.17) is 9.52 Å². The number of aryl methyl sites for hydroxylation is 1. The van der Waals surface area contributed by atoms with Crippen LogP contribution in [0.3, 0.4) is 0 Å². The SMILES string of the molecule is Cc1ccc([CH]O)o1. The largest absolute Gasteiger partial charge is 0.463 e. The van der Waals surface area contributed by atoms with Crippen molar-refractivity contribution in [1.82, 2.24) is 0 Å². The van der Waals surface area contributed by atoms with E-state index in [1.165, 1.54) is 0 Å². The standard InChI is InChI=1S/C6H7O2/c1-5-2-3-6(4-7)8-5/h2-4,7H,1H3. The Morgan fingerprint density at radius 1 is 1.62 bits per heavy atom. The van der Waals surface area contributed by atoms with Gasteiger partial charge in [0.15, 0.2) is 0 Å². The molecule has 1 aromatic heterocycles. The van der Waals surface area contributed by atoms with E-state index in [0.29, 0.717) is 5.76 Å². The van der Waals surface area contributed by atoms with E-state index in [1.807, 2.05) is 6.92 Å². The van der Waals surface area contributed by atoms with Gasteiger partial charge in [0.25, 0.3) is 0 Å². The lowest BCUT2D eigenvalue weighted by Crippen LogP contribution is -1.69. The maximum Gasteiger partial charge on any atom is 0.145 e. The average molecular weight is 111 g/mol. The van der Waals surface area contributed by atoms with Crippen molar-refractivity contribution in [2.75, 3.05) is 0 Å². The summed E-state index contributed by atoms with van der Waals surface area (Å²) in [6, 6.07) is 3.50. The Bertz CT molecular complexity index is 167. The molecule has 0 aliphatic carbocycles. The molecule has 0 bridgehead atoms. The summed E-state index contributed by atoms with van der Waals surface area (Å²) in [6.07, 6.45) is 0. The first-order valence-corrected chi connectivity index (χ1v) is 2.37. The van der Waals surface area contributed by atoms with Crippen LogP contribution in [0.4, 0.5) is 0 Å². The molecule has 2 nitrogen and oxygen atoms in total. The molecule has 2 heteroatoms. The third-order valence-corrected chi connectivity index (χ3v) is 0.888. The first-order valence-electron chi connectivity index (χ1n) is 2.37. The van der Waals surface area contributed by atoms with Gasteiger partial charge in [0.2, 0.25) is 0 Å². The molecule has 1 radical (unpaired) electrons. The van der Waals surface area contributed by atoms with Crippen molar-refractivity contribution >= 4 is 0 Å². The zero-order chi connectivity index (χ0) is 5.98. The minimum absolute atomic E-state index is 0.502. The van der Waals surface area contributed by atoms with Crippen molar-refractivity contribution in [3.63, 3.8) is 0 Å². The number of aliphatic hydroxyl groups is 1. The van der Waals surface area contributed by atoms with Gasteiger partial charge in [-0.3, -0.25) is 0 Å². The third-order valence-electron chi connectivity index (χ3n) is 0.888. The van der Waals surface area contributed by atoms with Gasteiger partial charge in [-0.05, 0) is 19.1 Å². The van der Waals surface area contributed by atoms with Crippen molar-refractivity contribution in [1.29, 1.82) is 0 Å². The van der Waals surface area contributed by atoms with Crippen LogP contribution in [0.5, 0.6) is 0 Å². The number of hydrogen-bond acceptors (Lipinski definition) is 2. The van der Waals surface area contributed by atoms with Gasteiger partial charge in [-0.25, -0.2) is 0 Å². The lowest BCUT2D eigenvalue weighted by atomic mass is 10.4. The van der Waals surface area contributed by atoms with Crippen LogP contribution >= 0.6 is 0 Å². The zero-order valence-corrected chi connectivity index (χ0v) is 4.59. The molecule has 8 heavy (non-hydrogen) atoms. The van der Waals surface area contributed by atoms with E-state index in [-0.39, 0.29) is 0 Å². The van der Waals surface area contributed by atoms with Gasteiger partial charge in [0.05, 0.1) is 0 Å². The van der Waals surface area contributed by atoms with E-state index in [1.54, 1.807) is 12.1 Å². The highest BCUT2D eigenvalue weighted by atomic mass is 16.4. The Labute approximate surface area is 47.7 Å². The number of hydrogen-bond donors (Lipinski definition) is 1. The first kappa shape index (κ1) is 5.38. The molecule has 0 fully saturated rings. The molecular weight excluding hydrogens is 104 g/mol. The molecule has 1 heterocycles. The fourth-order valence-electron chi connectivity index (χ4n) is 0.523. The molecule has 0 aliphatic heterocycles. The van der Waals surface area contributed by atoms with Gasteiger partial charge in [0.1, 0.15) is 18.1 Å². The van der Waals surface area contributed by atoms with E-state index in [0.717, 1.165) is 12.4 Å². The highest BCUT2D eigenvalue weighted by Gasteiger charge is 1.93. The summed E-state index contributed by atoms with van der Waals surface area (Å²) < 4.78 is 4.93. The van der Waals surface area contributed by atoms with Crippen molar-refractivity contribution in [3.05, 3.63) is 30.3 Å². The summed E-state index contributed by atoms with van der Waals surface area (Å²) in [6.45, 7) is 2.76. The van der Waals surface area contributed by atoms with Crippen LogP contribution < -0.4 is 0 Å². The predicted octanol–water partition coefficient (Wildman–Crippen LogP) is 1.47. The van der Waals surface area contributed by atoms with Crippen molar-refractivity contribution in [2.24, 2.45) is 0 Å². The molecule has 0 unspecified atom stereocenters. The highest BCUT2D eigenvalue weighted by molar-refractivity contribution is 5.09. The Kier molecular flexibility index (Phi) is 1.35. The van der Waals surface area contributed by atoms with Gasteiger partial charge in [0, 0.05) is 0 Å². The molecule has 0 saturated carbocycles. The second-order valence-corrected chi connectivity index (χ2v) is 1.58. The third kappa shape index (κ3) is 0.898. The van der Waals surface area contributed by atoms with Gasteiger partial charge < -0.3 is 9.52 Å². The molecule has 1 aromatic rings. The zero-order valence-electron chi connectivity index (χ0n) is 4.59. The van der Waals surface area contributed by atoms with Crippen LogP contribution in [0.25, 0.3) is 0 Å². The van der Waals surface area contributed by atoms with Crippen LogP contribution in [0.1, 0.15) is 11.5 Å². The van der Waals surface area contributed by atoms with Gasteiger partial charge in [-0.15, -0.1) is 0 Å². The van der Waals surface area contributed by atoms with Gasteiger partial charge in [-0.1, -0.05) is 0 Å². The molecule has 0 aromatic carbocycles. The minimum atomic E-state index is 0.502. The van der Waals surface area contributed by atoms with Gasteiger partial charge >= 0.3 is 0 Å². The van der Waals surface area contributed by atoms with E-state index in [9.17, 15) is 0 Å². The van der Waals surface area contributed by atoms with Crippen LogP contribution in [0.15, 0.2) is 16.5 Å². The maximum atomic E-state index is 8.33. The number of aliphatic hydroxyl groups excluding tert-OH is 1. The lowest BCUT2D eigenvalue weighted by Gasteiger charge is -1.81. The quantitative estimate of drug-likeness (QED) is 0.595. The molecule has 0 atom stereocenters. The van der Waals surface area contributed by atoms with Crippen LogP contribution in [-0.4, -0.2) is 5.11 Å². The summed E-state index contributed by atoms with van der Waals surface area (Å²) >= 11 is 0. The molecule has 0 spiro atoms. The molecule has 0 saturated heterocycles. The van der Waals surface area contributed by atoms with E-state index in [2.05, 4.69) is 0 Å². The fourth-order valence-corrected chi connectivity index (χ4v) is 0.523. The van der Waals surface area contributed by atoms with E-state index < -0.39 is 0 Å². The first-order chi connectivity index (χ1) is 3.83. The molecule has 0 aliphatic rings. The van der Waals surface area contributed by atoms with Gasteiger partial charge in [-0.2, -0.15) is 0 Å². The monoisotopic (exact) mass is 111 g/mol. The average Bonchev–Trinajstić information content (AvgIpc) is 2.14. The summed E-state index contributed by atoms with van der Waals surface area (Å²) in [5.41, 5.74) is 0. The van der Waals surface area contributed by atoms with Crippen LogP contribution in [0.2, 0.25) is 0 Å². The van der Waals surface area contributed by atoms with Crippen molar-refractivity contribution in [3.8, 4) is 0 Å². The Morgan fingerprint density at radius 3 is 2.62 bits per heavy atom. The van der Waals surface area contributed by atoms with Crippen LogP contribution in [0, 0.1) is 13.5 Å². The molecular formula is C6H7O2. The Hall–Kier alpha value is -0.760. The molecule has 43 valence electrons. The molecule has 0 amide bonds. The normalized spacial score (nSPS) is 9.75. The Balaban J connectivity index is 2.84. The summed E-state index contributed by atoms with van der Waals surface area (Å²) in [5, 5.41) is 8.33. The second-order valence-electron chi connectivity index (χ2n) is 1.58.